The topological polar surface area (TPSA) is 160 Å². The number of carbonyl (C=O) groups excluding carboxylic acids is 4. The quantitative estimate of drug-likeness (QED) is 0.0660. The highest BCUT2D eigenvalue weighted by Crippen LogP contribution is 2.35. The van der Waals surface area contributed by atoms with Gasteiger partial charge in [0.1, 0.15) is 28.8 Å². The maximum atomic E-state index is 13.1. The van der Waals surface area contributed by atoms with Crippen LogP contribution in [0, 0.1) is 0 Å². The van der Waals surface area contributed by atoms with E-state index in [4.69, 9.17) is 77.0 Å². The predicted octanol–water partition coefficient (Wildman–Crippen LogP) is 18.4. The van der Waals surface area contributed by atoms with Gasteiger partial charge in [0.15, 0.2) is 18.3 Å². The molecule has 2 fully saturated rings. The van der Waals surface area contributed by atoms with Gasteiger partial charge in [0.2, 0.25) is 11.6 Å². The molecule has 14 rings (SSSR count). The van der Waals surface area contributed by atoms with Crippen molar-refractivity contribution in [1.29, 1.82) is 0 Å². The Morgan fingerprint density at radius 1 is 0.545 bits per heavy atom. The summed E-state index contributed by atoms with van der Waals surface area (Å²) in [5.74, 6) is 4.76. The Labute approximate surface area is 624 Å². The molecule has 0 saturated carbocycles. The van der Waals surface area contributed by atoms with Gasteiger partial charge in [-0.3, -0.25) is 14.4 Å². The predicted molar refractivity (Wildman–Crippen MR) is 409 cm³/mol. The Hall–Kier alpha value is -8.03. The lowest BCUT2D eigenvalue weighted by Crippen LogP contribution is -2.37. The van der Waals surface area contributed by atoms with Crippen LogP contribution in [0.1, 0.15) is 102 Å². The summed E-state index contributed by atoms with van der Waals surface area (Å²) in [5, 5.41) is 14.5. The van der Waals surface area contributed by atoms with Crippen LogP contribution in [0.2, 0.25) is 10.0 Å². The van der Waals surface area contributed by atoms with E-state index in [2.05, 4.69) is 50.4 Å². The standard InChI is InChI=1S/C25H25ClN2O2.C15H16ClNO3.C14H12ClNO2.C11H14ClN.C10H9NO.C5H8BrClO/c26-20-9-7-18(8-10-20)19-11-15-27(16-12-19)17-13-24-25(29)22-5-3-14-28(22)21-4-1-2-6-23(21)30-24;1-19-15(18)14(8-9-16)20-13-7-3-2-6-12(13)17-10-4-5-11-17;15-8-7-13-14(17)11-5-3-9-16(11)10-4-1-2-6-12(10)18-13;12-11-3-1-9(2-4-11)10-5-7-13-8-6-10;12-10-6-2-1-5-9(10)11-7-3-4-8-11;1-4(8)5(6)2-3-7/h1-10,14,19,24H,11-13,15-17H2;2-7,10-11,14H,8-9H2,1H3;1-6,9,13H,7-8H2;1-4,10,13H,5-8H2;1-8,12H;5H,2-3H2,1H3. The van der Waals surface area contributed by atoms with Gasteiger partial charge >= 0.3 is 5.97 Å². The fourth-order valence-electron chi connectivity index (χ4n) is 12.1. The van der Waals surface area contributed by atoms with Gasteiger partial charge in [-0.25, -0.2) is 4.79 Å². The number of nitrogens with one attached hydrogen (secondary N) is 1. The molecule has 8 heterocycles. The number of aromatic nitrogens is 4. The zero-order chi connectivity index (χ0) is 71.5. The number of phenolic OH excluding ortho intramolecular Hbond substituents is 1. The number of ether oxygens (including phenoxy) is 4. The number of para-hydroxylation sites is 8. The third-order valence-corrected chi connectivity index (χ3v) is 19.7. The first-order chi connectivity index (χ1) is 49.2. The number of halogens is 6. The molecule has 21 heteroatoms. The second kappa shape index (κ2) is 40.0. The number of esters is 1. The van der Waals surface area contributed by atoms with E-state index in [-0.39, 0.29) is 22.2 Å². The van der Waals surface area contributed by atoms with Crippen molar-refractivity contribution in [3.63, 3.8) is 0 Å². The minimum Gasteiger partial charge on any atom is -0.506 e. The minimum absolute atomic E-state index is 0.0168. The molecule has 0 radical (unpaired) electrons. The zero-order valence-electron chi connectivity index (χ0n) is 56.4. The molecule has 0 bridgehead atoms. The van der Waals surface area contributed by atoms with E-state index >= 15 is 0 Å². The van der Waals surface area contributed by atoms with Gasteiger partial charge < -0.3 is 52.5 Å². The number of alkyl halides is 4. The molecule has 2 saturated heterocycles. The van der Waals surface area contributed by atoms with Crippen molar-refractivity contribution in [2.45, 2.75) is 93.3 Å². The summed E-state index contributed by atoms with van der Waals surface area (Å²) in [6.07, 6.45) is 16.9. The lowest BCUT2D eigenvalue weighted by Gasteiger charge is -2.32. The number of methoxy groups -OCH3 is 1. The molecule has 4 unspecified atom stereocenters. The number of ketones is 3. The number of likely N-dealkylation sites (tertiary alicyclic amines) is 1. The van der Waals surface area contributed by atoms with E-state index in [9.17, 15) is 24.3 Å². The number of fused-ring (bicyclic) bond motifs is 6. The van der Waals surface area contributed by atoms with E-state index in [0.29, 0.717) is 65.7 Å². The minimum atomic E-state index is -0.700. The number of benzene rings is 6. The number of piperidine rings is 2. The highest BCUT2D eigenvalue weighted by atomic mass is 79.9. The Bertz CT molecular complexity index is 4170. The van der Waals surface area contributed by atoms with Crippen molar-refractivity contribution in [1.82, 2.24) is 28.5 Å². The van der Waals surface area contributed by atoms with E-state index in [1.807, 2.05) is 219 Å². The summed E-state index contributed by atoms with van der Waals surface area (Å²) in [5.41, 5.74) is 7.65. The summed E-state index contributed by atoms with van der Waals surface area (Å²) in [6.45, 7) is 6.79. The summed E-state index contributed by atoms with van der Waals surface area (Å²) < 4.78 is 30.1. The maximum Gasteiger partial charge on any atom is 0.347 e. The highest BCUT2D eigenvalue weighted by Gasteiger charge is 2.32. The smallest absolute Gasteiger partial charge is 0.347 e. The van der Waals surface area contributed by atoms with E-state index in [0.717, 1.165) is 102 Å². The van der Waals surface area contributed by atoms with Gasteiger partial charge in [0, 0.05) is 90.7 Å². The molecule has 101 heavy (non-hydrogen) atoms. The van der Waals surface area contributed by atoms with Crippen molar-refractivity contribution >= 4 is 97.3 Å². The number of aromatic hydroxyl groups is 1. The number of nitrogens with zero attached hydrogens (tertiary/aromatic N) is 5. The second-order valence-electron chi connectivity index (χ2n) is 24.2. The summed E-state index contributed by atoms with van der Waals surface area (Å²) in [4.78, 5) is 50.0. The molecule has 10 aromatic rings. The normalized spacial score (nSPS) is 16.0. The molecule has 2 N–H and O–H groups in total. The molecule has 4 aromatic heterocycles. The second-order valence-corrected chi connectivity index (χ2v) is 27.3. The first-order valence-corrected chi connectivity index (χ1v) is 37.1. The summed E-state index contributed by atoms with van der Waals surface area (Å²) in [7, 11) is 1.34. The number of rotatable bonds is 17. The number of hydrogen-bond donors (Lipinski definition) is 2. The van der Waals surface area contributed by atoms with E-state index < -0.39 is 24.3 Å². The average Bonchev–Trinajstić information content (AvgIpc) is 1.65. The average molecular weight is 1530 g/mol. The maximum absolute atomic E-state index is 13.1. The van der Waals surface area contributed by atoms with Gasteiger partial charge in [-0.05, 0) is 209 Å². The van der Waals surface area contributed by atoms with Crippen molar-refractivity contribution in [3.05, 3.63) is 264 Å². The monoisotopic (exact) mass is 1530 g/mol. The lowest BCUT2D eigenvalue weighted by molar-refractivity contribution is -0.148. The van der Waals surface area contributed by atoms with Crippen LogP contribution in [0.25, 0.3) is 22.7 Å². The number of Topliss-reactive ketones (excluding diaryl/α,β-unsaturated/α-hetero) is 3. The molecule has 0 aliphatic carbocycles. The van der Waals surface area contributed by atoms with Gasteiger partial charge in [0.25, 0.3) is 0 Å². The van der Waals surface area contributed by atoms with Gasteiger partial charge in [-0.1, -0.05) is 112 Å². The molecular weight excluding hydrogens is 1450 g/mol. The first kappa shape index (κ1) is 77.1. The van der Waals surface area contributed by atoms with Crippen LogP contribution >= 0.6 is 73.9 Å². The van der Waals surface area contributed by atoms with E-state index in [1.165, 1.54) is 31.1 Å². The van der Waals surface area contributed by atoms with Gasteiger partial charge in [0.05, 0.1) is 46.1 Å². The molecule has 4 atom stereocenters. The first-order valence-electron chi connectivity index (χ1n) is 33.8. The summed E-state index contributed by atoms with van der Waals surface area (Å²) >= 11 is 31.8. The Balaban J connectivity index is 0.000000148. The molecular formula is C80H84BrCl5N6O9. The van der Waals surface area contributed by atoms with Crippen molar-refractivity contribution in [3.8, 4) is 45.7 Å². The van der Waals surface area contributed by atoms with Crippen LogP contribution in [0.3, 0.4) is 0 Å². The fourth-order valence-corrected chi connectivity index (χ4v) is 13.4. The van der Waals surface area contributed by atoms with Crippen molar-refractivity contribution in [2.75, 3.05) is 57.5 Å². The molecule has 530 valence electrons. The third-order valence-electron chi connectivity index (χ3n) is 17.5. The SMILES string of the molecule is CC(=O)C(Br)CCCl.COC(=O)C(CCCl)Oc1ccccc1-n1cccc1.Clc1ccc(C2CCNCC2)cc1.O=C1c2cccn2-c2ccccc2OC1CCCl.O=C1c2cccn2-c2ccccc2OC1CCN1CCC(c2ccc(Cl)cc2)CC1.Oc1ccccc1-n1cccc1. The Morgan fingerprint density at radius 2 is 1.00 bits per heavy atom. The Morgan fingerprint density at radius 3 is 1.48 bits per heavy atom. The fraction of sp³-hybridized carbons (Fsp3) is 0.300. The van der Waals surface area contributed by atoms with Gasteiger partial charge in [-0.15, -0.1) is 34.8 Å². The largest absolute Gasteiger partial charge is 0.506 e. The van der Waals surface area contributed by atoms with Crippen LogP contribution in [0.15, 0.2) is 231 Å². The number of carbonyl (C=O) groups is 4. The number of hydrogen-bond acceptors (Lipinski definition) is 11. The van der Waals surface area contributed by atoms with Crippen molar-refractivity contribution in [2.24, 2.45) is 0 Å². The van der Waals surface area contributed by atoms with Crippen LogP contribution in [0.4, 0.5) is 0 Å². The molecule has 15 nitrogen and oxygen atoms in total. The third kappa shape index (κ3) is 22.0. The van der Waals surface area contributed by atoms with Crippen LogP contribution < -0.4 is 19.5 Å². The van der Waals surface area contributed by atoms with Crippen LogP contribution in [0.5, 0.6) is 23.0 Å². The van der Waals surface area contributed by atoms with E-state index in [1.54, 1.807) is 13.0 Å². The molecule has 4 aliphatic heterocycles. The van der Waals surface area contributed by atoms with Crippen LogP contribution in [-0.4, -0.2) is 132 Å². The highest BCUT2D eigenvalue weighted by molar-refractivity contribution is 9.10. The van der Waals surface area contributed by atoms with Crippen LogP contribution in [-0.2, 0) is 14.3 Å². The molecule has 0 amide bonds. The summed E-state index contributed by atoms with van der Waals surface area (Å²) in [6, 6.07) is 62.0. The Kier molecular flexibility index (Phi) is 30.5. The molecule has 0 spiro atoms. The zero-order valence-corrected chi connectivity index (χ0v) is 61.8. The molecule has 4 aliphatic rings. The van der Waals surface area contributed by atoms with Crippen molar-refractivity contribution < 1.29 is 43.2 Å². The lowest BCUT2D eigenvalue weighted by atomic mass is 9.89. The molecule has 6 aromatic carbocycles. The van der Waals surface area contributed by atoms with Gasteiger partial charge in [-0.2, -0.15) is 0 Å². The number of phenols is 1.